The maximum Gasteiger partial charge on any atom is 0.229 e. The van der Waals surface area contributed by atoms with Crippen LogP contribution in [0.2, 0.25) is 10.0 Å². The van der Waals surface area contributed by atoms with E-state index in [4.69, 9.17) is 23.2 Å². The normalized spacial score (nSPS) is 25.0. The van der Waals surface area contributed by atoms with Crippen LogP contribution in [0.15, 0.2) is 61.2 Å². The number of hydrogen-bond donors (Lipinski definition) is 1. The number of aliphatic hydroxyl groups is 1. The van der Waals surface area contributed by atoms with Crippen molar-refractivity contribution < 1.29 is 9.90 Å². The highest BCUT2D eigenvalue weighted by Crippen LogP contribution is 2.53. The molecule has 1 amide bonds. The van der Waals surface area contributed by atoms with Crippen LogP contribution in [0.3, 0.4) is 0 Å². The number of halogens is 2. The Balaban J connectivity index is 2.27. The first-order valence-electron chi connectivity index (χ1n) is 11.2. The van der Waals surface area contributed by atoms with Crippen LogP contribution in [0.1, 0.15) is 70.0 Å². The molecule has 0 radical (unpaired) electrons. The summed E-state index contributed by atoms with van der Waals surface area (Å²) < 4.78 is 0. The number of nitrogens with zero attached hydrogens (tertiary/aromatic N) is 1. The lowest BCUT2D eigenvalue weighted by molar-refractivity contribution is -0.162. The van der Waals surface area contributed by atoms with Gasteiger partial charge in [-0.3, -0.25) is 4.79 Å². The summed E-state index contributed by atoms with van der Waals surface area (Å²) in [5.41, 5.74) is 0.378. The summed E-state index contributed by atoms with van der Waals surface area (Å²) in [5, 5.41) is 12.4. The summed E-state index contributed by atoms with van der Waals surface area (Å²) in [5.74, 6) is 0.0403. The molecule has 5 heteroatoms. The number of carbonyl (C=O) groups excluding carboxylic acids is 1. The van der Waals surface area contributed by atoms with Crippen molar-refractivity contribution in [3.63, 3.8) is 0 Å². The lowest BCUT2D eigenvalue weighted by Crippen LogP contribution is -2.60. The average Bonchev–Trinajstić information content (AvgIpc) is 2.71. The monoisotopic (exact) mass is 473 g/mol. The van der Waals surface area contributed by atoms with E-state index in [0.717, 1.165) is 11.1 Å². The molecule has 2 aromatic rings. The van der Waals surface area contributed by atoms with E-state index in [9.17, 15) is 9.90 Å². The molecule has 0 saturated carbocycles. The number of amides is 1. The lowest BCUT2D eigenvalue weighted by atomic mass is 9.66. The quantitative estimate of drug-likeness (QED) is 0.432. The molecule has 172 valence electrons. The molecule has 2 aromatic carbocycles. The molecular weight excluding hydrogens is 441 g/mol. The molecule has 0 aliphatic carbocycles. The second-order valence-electron chi connectivity index (χ2n) is 9.71. The Hall–Kier alpha value is -1.81. The maximum atomic E-state index is 14.1. The number of benzene rings is 2. The second kappa shape index (κ2) is 9.59. The molecule has 1 unspecified atom stereocenters. The minimum Gasteiger partial charge on any atom is -0.388 e. The third-order valence-corrected chi connectivity index (χ3v) is 7.21. The summed E-state index contributed by atoms with van der Waals surface area (Å²) in [7, 11) is 0. The van der Waals surface area contributed by atoms with Crippen LogP contribution in [0.25, 0.3) is 0 Å². The van der Waals surface area contributed by atoms with Gasteiger partial charge >= 0.3 is 0 Å². The molecule has 0 bridgehead atoms. The molecule has 4 atom stereocenters. The first-order valence-corrected chi connectivity index (χ1v) is 11.9. The van der Waals surface area contributed by atoms with Crippen molar-refractivity contribution in [1.82, 2.24) is 4.90 Å². The van der Waals surface area contributed by atoms with Crippen LogP contribution in [-0.4, -0.2) is 27.6 Å². The van der Waals surface area contributed by atoms with Gasteiger partial charge in [0, 0.05) is 16.0 Å². The van der Waals surface area contributed by atoms with E-state index in [0.29, 0.717) is 29.3 Å². The summed E-state index contributed by atoms with van der Waals surface area (Å²) in [4.78, 5) is 16.0. The van der Waals surface area contributed by atoms with Crippen LogP contribution in [-0.2, 0) is 4.79 Å². The number of piperidine rings is 1. The van der Waals surface area contributed by atoms with E-state index < -0.39 is 11.0 Å². The number of rotatable bonds is 7. The molecule has 1 aliphatic rings. The molecule has 1 N–H and O–H groups in total. The Morgan fingerprint density at radius 2 is 1.84 bits per heavy atom. The van der Waals surface area contributed by atoms with Gasteiger partial charge in [-0.25, -0.2) is 0 Å². The van der Waals surface area contributed by atoms with E-state index in [-0.39, 0.29) is 23.9 Å². The Labute approximate surface area is 202 Å². The number of likely N-dealkylation sites (tertiary alicyclic amines) is 1. The number of carbonyl (C=O) groups is 1. The van der Waals surface area contributed by atoms with Crippen LogP contribution in [0.5, 0.6) is 0 Å². The van der Waals surface area contributed by atoms with Gasteiger partial charge in [-0.05, 0) is 68.5 Å². The Kier molecular flexibility index (Phi) is 7.44. The fourth-order valence-corrected chi connectivity index (χ4v) is 5.59. The highest BCUT2D eigenvalue weighted by Gasteiger charge is 2.52. The fourth-order valence-electron chi connectivity index (χ4n) is 5.27. The topological polar surface area (TPSA) is 40.5 Å². The minimum atomic E-state index is -1.07. The summed E-state index contributed by atoms with van der Waals surface area (Å²) in [6.07, 6.45) is 3.67. The molecule has 3 rings (SSSR count). The van der Waals surface area contributed by atoms with Crippen LogP contribution >= 0.6 is 23.2 Å². The predicted molar refractivity (Wildman–Crippen MR) is 133 cm³/mol. The van der Waals surface area contributed by atoms with Gasteiger partial charge in [0.2, 0.25) is 5.91 Å². The van der Waals surface area contributed by atoms with E-state index in [1.807, 2.05) is 67.3 Å². The first-order chi connectivity index (χ1) is 15.0. The highest BCUT2D eigenvalue weighted by atomic mass is 35.5. The van der Waals surface area contributed by atoms with Crippen molar-refractivity contribution in [1.29, 1.82) is 0 Å². The van der Waals surface area contributed by atoms with Crippen molar-refractivity contribution >= 4 is 29.1 Å². The number of hydrogen-bond acceptors (Lipinski definition) is 2. The average molecular weight is 474 g/mol. The standard InChI is InChI=1S/C27H33Cl2NO2/c1-6-15-27(5)17-22(19-9-8-10-21(29)16-19)24(18-11-13-20(28)14-12-18)30(25(27)31)23(7-2)26(3,4)32/h6,8-14,16,22-24,32H,1,7,15,17H2,2-5H3/t22?,23-,24+,27-/m0/s1. The van der Waals surface area contributed by atoms with E-state index in [1.54, 1.807) is 13.8 Å². The van der Waals surface area contributed by atoms with Crippen molar-refractivity contribution in [2.45, 2.75) is 70.6 Å². The minimum absolute atomic E-state index is 0.00562. The molecule has 0 spiro atoms. The first kappa shape index (κ1) is 24.8. The van der Waals surface area contributed by atoms with Gasteiger partial charge in [0.05, 0.1) is 23.1 Å². The second-order valence-corrected chi connectivity index (χ2v) is 10.6. The number of allylic oxidation sites excluding steroid dienone is 1. The summed E-state index contributed by atoms with van der Waals surface area (Å²) in [6.45, 7) is 11.5. The molecule has 1 fully saturated rings. The van der Waals surface area contributed by atoms with Crippen molar-refractivity contribution in [3.05, 3.63) is 82.4 Å². The lowest BCUT2D eigenvalue weighted by Gasteiger charge is -2.54. The summed E-state index contributed by atoms with van der Waals surface area (Å²) in [6, 6.07) is 15.0. The smallest absolute Gasteiger partial charge is 0.229 e. The molecular formula is C27H33Cl2NO2. The zero-order chi connectivity index (χ0) is 23.7. The Morgan fingerprint density at radius 3 is 2.38 bits per heavy atom. The molecule has 3 nitrogen and oxygen atoms in total. The Morgan fingerprint density at radius 1 is 1.19 bits per heavy atom. The van der Waals surface area contributed by atoms with Gasteiger partial charge in [-0.2, -0.15) is 0 Å². The van der Waals surface area contributed by atoms with Gasteiger partial charge in [0.15, 0.2) is 0 Å². The third-order valence-electron chi connectivity index (χ3n) is 6.72. The van der Waals surface area contributed by atoms with Gasteiger partial charge in [-0.1, -0.05) is 67.4 Å². The van der Waals surface area contributed by atoms with E-state index in [1.165, 1.54) is 0 Å². The van der Waals surface area contributed by atoms with Crippen molar-refractivity contribution in [3.8, 4) is 0 Å². The zero-order valence-corrected chi connectivity index (χ0v) is 20.8. The van der Waals surface area contributed by atoms with E-state index >= 15 is 0 Å². The van der Waals surface area contributed by atoms with Gasteiger partial charge in [0.1, 0.15) is 0 Å². The van der Waals surface area contributed by atoms with Gasteiger partial charge in [0.25, 0.3) is 0 Å². The van der Waals surface area contributed by atoms with Gasteiger partial charge in [-0.15, -0.1) is 6.58 Å². The molecule has 1 heterocycles. The fraction of sp³-hybridized carbons (Fsp3) is 0.444. The van der Waals surface area contributed by atoms with Crippen molar-refractivity contribution in [2.75, 3.05) is 0 Å². The van der Waals surface area contributed by atoms with Crippen LogP contribution in [0, 0.1) is 5.41 Å². The molecule has 1 saturated heterocycles. The van der Waals surface area contributed by atoms with Crippen LogP contribution in [0.4, 0.5) is 0 Å². The van der Waals surface area contributed by atoms with Gasteiger partial charge < -0.3 is 10.0 Å². The summed E-state index contributed by atoms with van der Waals surface area (Å²) >= 11 is 12.6. The maximum absolute atomic E-state index is 14.1. The SMILES string of the molecule is C=CC[C@@]1(C)CC(c2cccc(Cl)c2)[C@@H](c2ccc(Cl)cc2)N([C@@H](CC)C(C)(C)O)C1=O. The van der Waals surface area contributed by atoms with E-state index in [2.05, 4.69) is 12.6 Å². The highest BCUT2D eigenvalue weighted by molar-refractivity contribution is 6.30. The largest absolute Gasteiger partial charge is 0.388 e. The Bertz CT molecular complexity index is 966. The zero-order valence-electron chi connectivity index (χ0n) is 19.3. The predicted octanol–water partition coefficient (Wildman–Crippen LogP) is 7.18. The molecule has 0 aromatic heterocycles. The molecule has 1 aliphatic heterocycles. The molecule has 32 heavy (non-hydrogen) atoms. The van der Waals surface area contributed by atoms with Crippen LogP contribution < -0.4 is 0 Å². The van der Waals surface area contributed by atoms with Crippen molar-refractivity contribution in [2.24, 2.45) is 5.41 Å². The third kappa shape index (κ3) is 4.90.